The second-order valence-corrected chi connectivity index (χ2v) is 11.8. The number of carbonyl (C=O) groups excluding carboxylic acids is 2. The fraction of sp³-hybridized carbons (Fsp3) is 0.417. The molecule has 1 saturated carbocycles. The molecule has 8 heteroatoms. The van der Waals surface area contributed by atoms with Crippen molar-refractivity contribution in [3.63, 3.8) is 0 Å². The molecule has 0 heterocycles. The Balaban J connectivity index is 1.12. The van der Waals surface area contributed by atoms with Gasteiger partial charge >= 0.3 is 11.9 Å². The van der Waals surface area contributed by atoms with E-state index in [-0.39, 0.29) is 29.1 Å². The molecule has 0 spiro atoms. The number of aromatic carboxylic acids is 1. The average Bonchev–Trinajstić information content (AvgIpc) is 3.05. The van der Waals surface area contributed by atoms with Crippen molar-refractivity contribution in [2.75, 3.05) is 13.7 Å². The van der Waals surface area contributed by atoms with Gasteiger partial charge in [0.15, 0.2) is 0 Å². The maximum Gasteiger partial charge on any atom is 0.335 e. The molecule has 2 atom stereocenters. The number of esters is 1. The zero-order valence-electron chi connectivity index (χ0n) is 25.3. The highest BCUT2D eigenvalue weighted by atomic mass is 16.5. The minimum Gasteiger partial charge on any atom is -0.493 e. The van der Waals surface area contributed by atoms with Crippen LogP contribution in [0, 0.1) is 5.92 Å². The summed E-state index contributed by atoms with van der Waals surface area (Å²) in [4.78, 5) is 36.8. The molecular weight excluding hydrogens is 558 g/mol. The summed E-state index contributed by atoms with van der Waals surface area (Å²) in [5.74, 6) is -0.900. The highest BCUT2D eigenvalue weighted by Gasteiger charge is 2.29. The highest BCUT2D eigenvalue weighted by Crippen LogP contribution is 2.27. The smallest absolute Gasteiger partial charge is 0.335 e. The number of methoxy groups -OCH3 is 1. The Kier molecular flexibility index (Phi) is 10.5. The maximum atomic E-state index is 13.2. The van der Waals surface area contributed by atoms with Crippen LogP contribution in [-0.4, -0.2) is 42.7 Å². The number of aryl methyl sites for hydroxylation is 3. The first-order valence-electron chi connectivity index (χ1n) is 15.6. The van der Waals surface area contributed by atoms with Gasteiger partial charge in [0.1, 0.15) is 18.1 Å². The van der Waals surface area contributed by atoms with E-state index in [1.807, 2.05) is 12.1 Å². The first-order valence-corrected chi connectivity index (χ1v) is 15.6. The zero-order chi connectivity index (χ0) is 30.9. The molecule has 3 aromatic rings. The Morgan fingerprint density at radius 3 is 2.41 bits per heavy atom. The third-order valence-corrected chi connectivity index (χ3v) is 8.62. The van der Waals surface area contributed by atoms with Crippen molar-refractivity contribution in [1.82, 2.24) is 5.32 Å². The molecule has 3 aromatic carbocycles. The van der Waals surface area contributed by atoms with Gasteiger partial charge in [0.25, 0.3) is 5.91 Å². The number of ether oxygens (including phenoxy) is 3. The van der Waals surface area contributed by atoms with Crippen LogP contribution in [0.5, 0.6) is 11.5 Å². The summed E-state index contributed by atoms with van der Waals surface area (Å²) in [6.07, 6.45) is 9.12. The summed E-state index contributed by atoms with van der Waals surface area (Å²) in [6, 6.07) is 18.9. The lowest BCUT2D eigenvalue weighted by Crippen LogP contribution is -2.40. The van der Waals surface area contributed by atoms with E-state index in [1.165, 1.54) is 61.3 Å². The molecule has 0 saturated heterocycles. The fourth-order valence-corrected chi connectivity index (χ4v) is 6.19. The van der Waals surface area contributed by atoms with Crippen LogP contribution < -0.4 is 14.8 Å². The standard InChI is InChI=1S/C36H41NO7/c1-42-36(41)29-9-4-10-30(21-29)37-34(38)32-22-28(35(39)40)15-18-33(32)43-19-5-6-24-12-16-31(17-13-24)44-23-25-11-14-26-7-2-3-8-27(26)20-25/h11-18,20,22,29-30H,2-10,19,21,23H2,1H3,(H,37,38)(H,39,40). The van der Waals surface area contributed by atoms with E-state index in [9.17, 15) is 19.5 Å². The third kappa shape index (κ3) is 8.18. The minimum absolute atomic E-state index is 0.00696. The van der Waals surface area contributed by atoms with Crippen molar-refractivity contribution in [3.8, 4) is 11.5 Å². The van der Waals surface area contributed by atoms with E-state index in [0.717, 1.165) is 43.4 Å². The predicted octanol–water partition coefficient (Wildman–Crippen LogP) is 6.32. The van der Waals surface area contributed by atoms with Gasteiger partial charge in [0.2, 0.25) is 0 Å². The quantitative estimate of drug-likeness (QED) is 0.185. The van der Waals surface area contributed by atoms with Crippen molar-refractivity contribution in [2.45, 2.75) is 76.9 Å². The van der Waals surface area contributed by atoms with Gasteiger partial charge < -0.3 is 24.6 Å². The molecule has 2 N–H and O–H groups in total. The van der Waals surface area contributed by atoms with Crippen LogP contribution in [0.1, 0.15) is 87.9 Å². The van der Waals surface area contributed by atoms with Gasteiger partial charge in [-0.1, -0.05) is 36.8 Å². The predicted molar refractivity (Wildman–Crippen MR) is 166 cm³/mol. The van der Waals surface area contributed by atoms with Crippen LogP contribution >= 0.6 is 0 Å². The summed E-state index contributed by atoms with van der Waals surface area (Å²) in [5, 5.41) is 12.5. The fourth-order valence-electron chi connectivity index (χ4n) is 6.19. The molecule has 1 amide bonds. The molecule has 5 rings (SSSR count). The molecule has 44 heavy (non-hydrogen) atoms. The van der Waals surface area contributed by atoms with Gasteiger partial charge in [0, 0.05) is 6.04 Å². The monoisotopic (exact) mass is 599 g/mol. The van der Waals surface area contributed by atoms with E-state index in [2.05, 4.69) is 35.6 Å². The van der Waals surface area contributed by atoms with E-state index in [1.54, 1.807) is 0 Å². The molecule has 2 aliphatic rings. The van der Waals surface area contributed by atoms with Gasteiger partial charge in [-0.2, -0.15) is 0 Å². The van der Waals surface area contributed by atoms with E-state index in [4.69, 9.17) is 14.2 Å². The topological polar surface area (TPSA) is 111 Å². The number of fused-ring (bicyclic) bond motifs is 1. The number of carbonyl (C=O) groups is 3. The summed E-state index contributed by atoms with van der Waals surface area (Å²) >= 11 is 0. The van der Waals surface area contributed by atoms with Crippen LogP contribution in [0.4, 0.5) is 0 Å². The SMILES string of the molecule is COC(=O)C1CCCC(NC(=O)c2cc(C(=O)O)ccc2OCCCc2ccc(OCc3ccc4c(c3)CCCC4)cc2)C1. The normalized spacial score (nSPS) is 17.7. The third-order valence-electron chi connectivity index (χ3n) is 8.62. The molecule has 0 aliphatic heterocycles. The van der Waals surface area contributed by atoms with Crippen molar-refractivity contribution >= 4 is 17.8 Å². The van der Waals surface area contributed by atoms with E-state index >= 15 is 0 Å². The maximum absolute atomic E-state index is 13.2. The Morgan fingerprint density at radius 1 is 0.864 bits per heavy atom. The average molecular weight is 600 g/mol. The van der Waals surface area contributed by atoms with Crippen molar-refractivity contribution in [2.24, 2.45) is 5.92 Å². The van der Waals surface area contributed by atoms with Gasteiger partial charge in [-0.05, 0) is 110 Å². The Morgan fingerprint density at radius 2 is 1.64 bits per heavy atom. The number of hydrogen-bond donors (Lipinski definition) is 2. The zero-order valence-corrected chi connectivity index (χ0v) is 25.3. The number of amides is 1. The molecule has 2 unspecified atom stereocenters. The second kappa shape index (κ2) is 14.9. The number of rotatable bonds is 12. The number of carboxylic acids is 1. The summed E-state index contributed by atoms with van der Waals surface area (Å²) in [5.41, 5.74) is 5.45. The van der Waals surface area contributed by atoms with Gasteiger partial charge in [0.05, 0.1) is 30.8 Å². The Hall–Kier alpha value is -4.33. The number of nitrogens with one attached hydrogen (secondary N) is 1. The van der Waals surface area contributed by atoms with Crippen molar-refractivity contribution in [1.29, 1.82) is 0 Å². The lowest BCUT2D eigenvalue weighted by Gasteiger charge is -2.28. The van der Waals surface area contributed by atoms with Crippen LogP contribution in [-0.2, 0) is 35.4 Å². The number of hydrogen-bond acceptors (Lipinski definition) is 6. The minimum atomic E-state index is -1.12. The molecular formula is C36H41NO7. The molecule has 8 nitrogen and oxygen atoms in total. The van der Waals surface area contributed by atoms with Gasteiger partial charge in [-0.25, -0.2) is 4.79 Å². The number of benzene rings is 3. The van der Waals surface area contributed by atoms with Crippen molar-refractivity contribution < 1.29 is 33.7 Å². The molecule has 0 bridgehead atoms. The molecule has 0 aromatic heterocycles. The van der Waals surface area contributed by atoms with Crippen LogP contribution in [0.3, 0.4) is 0 Å². The molecule has 232 valence electrons. The lowest BCUT2D eigenvalue weighted by atomic mass is 9.85. The first kappa shape index (κ1) is 31.1. The summed E-state index contributed by atoms with van der Waals surface area (Å²) in [7, 11) is 1.37. The van der Waals surface area contributed by atoms with Gasteiger partial charge in [-0.15, -0.1) is 0 Å². The molecule has 1 fully saturated rings. The van der Waals surface area contributed by atoms with E-state index < -0.39 is 11.9 Å². The molecule has 2 aliphatic carbocycles. The molecule has 0 radical (unpaired) electrons. The van der Waals surface area contributed by atoms with Gasteiger partial charge in [-0.3, -0.25) is 9.59 Å². The van der Waals surface area contributed by atoms with Crippen LogP contribution in [0.15, 0.2) is 60.7 Å². The van der Waals surface area contributed by atoms with E-state index in [0.29, 0.717) is 31.8 Å². The summed E-state index contributed by atoms with van der Waals surface area (Å²) < 4.78 is 16.9. The largest absolute Gasteiger partial charge is 0.493 e. The van der Waals surface area contributed by atoms with Crippen LogP contribution in [0.25, 0.3) is 0 Å². The van der Waals surface area contributed by atoms with Crippen LogP contribution in [0.2, 0.25) is 0 Å². The lowest BCUT2D eigenvalue weighted by molar-refractivity contribution is -0.146. The Labute approximate surface area is 258 Å². The van der Waals surface area contributed by atoms with Crippen molar-refractivity contribution in [3.05, 3.63) is 94.0 Å². The second-order valence-electron chi connectivity index (χ2n) is 11.8. The Bertz CT molecular complexity index is 1470. The highest BCUT2D eigenvalue weighted by molar-refractivity contribution is 6.00. The summed E-state index contributed by atoms with van der Waals surface area (Å²) in [6.45, 7) is 0.904. The number of carboxylic acid groups (broad SMARTS) is 1. The first-order chi connectivity index (χ1) is 21.4.